The third-order valence-corrected chi connectivity index (χ3v) is 4.71. The minimum absolute atomic E-state index is 0.137. The summed E-state index contributed by atoms with van der Waals surface area (Å²) >= 11 is 0. The lowest BCUT2D eigenvalue weighted by Crippen LogP contribution is -2.37. The lowest BCUT2D eigenvalue weighted by Gasteiger charge is -2.24. The molecule has 2 heterocycles. The second-order valence-electron chi connectivity index (χ2n) is 6.70. The lowest BCUT2D eigenvalue weighted by atomic mass is 10.1. The number of carbonyl (C=O) groups is 2. The molecule has 0 radical (unpaired) electrons. The van der Waals surface area contributed by atoms with E-state index in [1.165, 1.54) is 4.90 Å². The lowest BCUT2D eigenvalue weighted by molar-refractivity contribution is -0.0573. The Morgan fingerprint density at radius 3 is 2.71 bits per heavy atom. The SMILES string of the molecule is CC(Cc1ccc2c(c1)OCO2)N(C)C(=O)OCOC(=O)OC1CCOCC1. The van der Waals surface area contributed by atoms with Crippen LogP contribution < -0.4 is 9.47 Å². The zero-order valence-corrected chi connectivity index (χ0v) is 16.0. The van der Waals surface area contributed by atoms with E-state index in [4.69, 9.17) is 28.4 Å². The van der Waals surface area contributed by atoms with Gasteiger partial charge in [0.2, 0.25) is 13.6 Å². The van der Waals surface area contributed by atoms with Gasteiger partial charge in [-0.15, -0.1) is 0 Å². The zero-order valence-electron chi connectivity index (χ0n) is 16.0. The van der Waals surface area contributed by atoms with Crippen LogP contribution in [0, 0.1) is 0 Å². The van der Waals surface area contributed by atoms with E-state index in [2.05, 4.69) is 0 Å². The predicted molar refractivity (Wildman–Crippen MR) is 96.2 cm³/mol. The maximum atomic E-state index is 12.1. The molecule has 9 heteroatoms. The van der Waals surface area contributed by atoms with Crippen molar-refractivity contribution in [2.75, 3.05) is 33.8 Å². The topological polar surface area (TPSA) is 92.8 Å². The van der Waals surface area contributed by atoms with Crippen molar-refractivity contribution >= 4 is 12.2 Å². The highest BCUT2D eigenvalue weighted by atomic mass is 16.8. The second kappa shape index (κ2) is 9.50. The fourth-order valence-corrected chi connectivity index (χ4v) is 2.92. The van der Waals surface area contributed by atoms with Crippen LogP contribution in [0.15, 0.2) is 18.2 Å². The van der Waals surface area contributed by atoms with Crippen LogP contribution in [0.25, 0.3) is 0 Å². The number of carbonyl (C=O) groups excluding carboxylic acids is 2. The van der Waals surface area contributed by atoms with E-state index in [0.29, 0.717) is 44.0 Å². The number of hydrogen-bond donors (Lipinski definition) is 0. The summed E-state index contributed by atoms with van der Waals surface area (Å²) in [6.45, 7) is 2.73. The first-order chi connectivity index (χ1) is 13.5. The standard InChI is InChI=1S/C19H25NO8/c1-13(9-14-3-4-16-17(10-14)25-11-24-16)20(2)18(21)26-12-27-19(22)28-15-5-7-23-8-6-15/h3-4,10,13,15H,5-9,11-12H2,1-2H3. The summed E-state index contributed by atoms with van der Waals surface area (Å²) in [5.41, 5.74) is 1.01. The van der Waals surface area contributed by atoms with Crippen molar-refractivity contribution in [2.24, 2.45) is 0 Å². The van der Waals surface area contributed by atoms with E-state index in [1.54, 1.807) is 7.05 Å². The molecule has 2 aliphatic rings. The molecule has 28 heavy (non-hydrogen) atoms. The molecular formula is C19H25NO8. The Labute approximate surface area is 163 Å². The van der Waals surface area contributed by atoms with Crippen molar-refractivity contribution in [3.8, 4) is 11.5 Å². The molecule has 1 aromatic rings. The Bertz CT molecular complexity index is 689. The average molecular weight is 395 g/mol. The second-order valence-corrected chi connectivity index (χ2v) is 6.70. The van der Waals surface area contributed by atoms with Crippen molar-refractivity contribution < 1.29 is 38.0 Å². The number of hydrogen-bond acceptors (Lipinski definition) is 8. The van der Waals surface area contributed by atoms with Crippen molar-refractivity contribution in [2.45, 2.75) is 38.3 Å². The molecule has 3 rings (SSSR count). The van der Waals surface area contributed by atoms with E-state index < -0.39 is 19.0 Å². The molecule has 0 N–H and O–H groups in total. The van der Waals surface area contributed by atoms with E-state index >= 15 is 0 Å². The first-order valence-electron chi connectivity index (χ1n) is 9.22. The number of benzene rings is 1. The van der Waals surface area contributed by atoms with Gasteiger partial charge in [-0.1, -0.05) is 6.07 Å². The summed E-state index contributed by atoms with van der Waals surface area (Å²) < 4.78 is 30.8. The van der Waals surface area contributed by atoms with Gasteiger partial charge < -0.3 is 33.3 Å². The van der Waals surface area contributed by atoms with Gasteiger partial charge in [0.25, 0.3) is 0 Å². The Hall–Kier alpha value is -2.68. The Morgan fingerprint density at radius 2 is 1.93 bits per heavy atom. The van der Waals surface area contributed by atoms with Gasteiger partial charge in [0.05, 0.1) is 13.2 Å². The summed E-state index contributed by atoms with van der Waals surface area (Å²) in [4.78, 5) is 25.2. The maximum Gasteiger partial charge on any atom is 0.511 e. The molecule has 9 nitrogen and oxygen atoms in total. The molecule has 0 aliphatic carbocycles. The van der Waals surface area contributed by atoms with Gasteiger partial charge in [0, 0.05) is 25.9 Å². The molecule has 0 saturated carbocycles. The fourth-order valence-electron chi connectivity index (χ4n) is 2.92. The number of rotatable bonds is 6. The Morgan fingerprint density at radius 1 is 1.18 bits per heavy atom. The van der Waals surface area contributed by atoms with E-state index in [-0.39, 0.29) is 18.9 Å². The van der Waals surface area contributed by atoms with Crippen LogP contribution in [0.1, 0.15) is 25.3 Å². The van der Waals surface area contributed by atoms with Crippen LogP contribution in [0.2, 0.25) is 0 Å². The molecule has 1 aromatic carbocycles. The molecule has 2 aliphatic heterocycles. The van der Waals surface area contributed by atoms with Gasteiger partial charge in [-0.05, 0) is 31.0 Å². The average Bonchev–Trinajstić information content (AvgIpc) is 3.15. The van der Waals surface area contributed by atoms with Crippen molar-refractivity contribution in [3.63, 3.8) is 0 Å². The number of fused-ring (bicyclic) bond motifs is 1. The number of nitrogens with zero attached hydrogens (tertiary/aromatic N) is 1. The van der Waals surface area contributed by atoms with Gasteiger partial charge >= 0.3 is 12.2 Å². The Balaban J connectivity index is 1.38. The first-order valence-corrected chi connectivity index (χ1v) is 9.22. The van der Waals surface area contributed by atoms with Gasteiger partial charge in [-0.25, -0.2) is 9.59 Å². The molecule has 0 bridgehead atoms. The van der Waals surface area contributed by atoms with Crippen LogP contribution in [-0.2, 0) is 25.4 Å². The monoisotopic (exact) mass is 395 g/mol. The molecule has 1 atom stereocenters. The summed E-state index contributed by atoms with van der Waals surface area (Å²) in [6.07, 6.45) is 0.211. The first kappa shape index (κ1) is 20.1. The molecule has 1 unspecified atom stereocenters. The smallest absolute Gasteiger partial charge is 0.454 e. The number of ether oxygens (including phenoxy) is 6. The van der Waals surface area contributed by atoms with Crippen molar-refractivity contribution in [1.82, 2.24) is 4.90 Å². The summed E-state index contributed by atoms with van der Waals surface area (Å²) in [5.74, 6) is 1.42. The molecule has 154 valence electrons. The highest BCUT2D eigenvalue weighted by Gasteiger charge is 2.22. The Kier molecular flexibility index (Phi) is 6.80. The maximum absolute atomic E-state index is 12.1. The van der Waals surface area contributed by atoms with Crippen LogP contribution in [-0.4, -0.2) is 63.1 Å². The minimum atomic E-state index is -0.851. The molecule has 1 saturated heterocycles. The largest absolute Gasteiger partial charge is 0.511 e. The normalized spacial score (nSPS) is 16.9. The van der Waals surface area contributed by atoms with Crippen molar-refractivity contribution in [1.29, 1.82) is 0 Å². The van der Waals surface area contributed by atoms with Gasteiger partial charge in [0.1, 0.15) is 6.10 Å². The molecule has 0 aromatic heterocycles. The summed E-state index contributed by atoms with van der Waals surface area (Å²) in [6, 6.07) is 5.54. The van der Waals surface area contributed by atoms with Crippen LogP contribution >= 0.6 is 0 Å². The third-order valence-electron chi connectivity index (χ3n) is 4.71. The third kappa shape index (κ3) is 5.41. The molecule has 1 amide bonds. The van der Waals surface area contributed by atoms with E-state index in [9.17, 15) is 9.59 Å². The van der Waals surface area contributed by atoms with Crippen molar-refractivity contribution in [3.05, 3.63) is 23.8 Å². The van der Waals surface area contributed by atoms with Gasteiger partial charge in [-0.3, -0.25) is 0 Å². The van der Waals surface area contributed by atoms with Crippen LogP contribution in [0.5, 0.6) is 11.5 Å². The van der Waals surface area contributed by atoms with Gasteiger partial charge in [0.15, 0.2) is 11.5 Å². The number of likely N-dealkylation sites (N-methyl/N-ethyl adjacent to an activating group) is 1. The molecular weight excluding hydrogens is 370 g/mol. The summed E-state index contributed by atoms with van der Waals surface area (Å²) in [7, 11) is 1.63. The van der Waals surface area contributed by atoms with E-state index in [0.717, 1.165) is 5.56 Å². The highest BCUT2D eigenvalue weighted by molar-refractivity contribution is 5.68. The van der Waals surface area contributed by atoms with Crippen LogP contribution in [0.4, 0.5) is 9.59 Å². The quantitative estimate of drug-likeness (QED) is 0.536. The highest BCUT2D eigenvalue weighted by Crippen LogP contribution is 2.32. The molecule has 1 fully saturated rings. The predicted octanol–water partition coefficient (Wildman–Crippen LogP) is 2.70. The number of amides is 1. The van der Waals surface area contributed by atoms with Gasteiger partial charge in [-0.2, -0.15) is 0 Å². The van der Waals surface area contributed by atoms with E-state index in [1.807, 2.05) is 25.1 Å². The fraction of sp³-hybridized carbons (Fsp3) is 0.579. The zero-order chi connectivity index (χ0) is 19.9. The van der Waals surface area contributed by atoms with Crippen LogP contribution in [0.3, 0.4) is 0 Å². The summed E-state index contributed by atoms with van der Waals surface area (Å²) in [5, 5.41) is 0. The molecule has 0 spiro atoms. The minimum Gasteiger partial charge on any atom is -0.454 e.